The topological polar surface area (TPSA) is 85.8 Å². The highest BCUT2D eigenvalue weighted by atomic mass is 127. The summed E-state index contributed by atoms with van der Waals surface area (Å²) in [4.78, 5) is 11.9. The van der Waals surface area contributed by atoms with E-state index < -0.39 is 0 Å². The monoisotopic (exact) mass is 371 g/mol. The lowest BCUT2D eigenvalue weighted by atomic mass is 10.3. The van der Waals surface area contributed by atoms with Gasteiger partial charge in [-0.05, 0) is 41.3 Å². The highest BCUT2D eigenvalue weighted by Crippen LogP contribution is 2.16. The molecule has 1 heterocycles. The summed E-state index contributed by atoms with van der Waals surface area (Å²) in [7, 11) is 0. The predicted octanol–water partition coefficient (Wildman–Crippen LogP) is 1.02. The Balaban J connectivity index is 1.95. The van der Waals surface area contributed by atoms with E-state index in [-0.39, 0.29) is 12.5 Å². The number of aromatic nitrogens is 3. The number of hydrogen-bond acceptors (Lipinski definition) is 4. The number of nitrogens with two attached hydrogens (primary N) is 1. The second kappa shape index (κ2) is 6.62. The van der Waals surface area contributed by atoms with Crippen LogP contribution in [0.2, 0.25) is 0 Å². The number of anilines is 1. The van der Waals surface area contributed by atoms with Crippen molar-refractivity contribution >= 4 is 34.2 Å². The molecule has 6 nitrogen and oxygen atoms in total. The first kappa shape index (κ1) is 13.9. The average molecular weight is 371 g/mol. The van der Waals surface area contributed by atoms with Gasteiger partial charge in [-0.15, -0.1) is 5.10 Å². The summed E-state index contributed by atoms with van der Waals surface area (Å²) in [6.45, 7) is 0.662. The van der Waals surface area contributed by atoms with Crippen LogP contribution in [-0.4, -0.2) is 27.4 Å². The van der Waals surface area contributed by atoms with Crippen molar-refractivity contribution in [3.05, 3.63) is 39.7 Å². The molecule has 2 aromatic rings. The number of nitrogens with zero attached hydrogens (tertiary/aromatic N) is 3. The Morgan fingerprint density at radius 3 is 2.95 bits per heavy atom. The van der Waals surface area contributed by atoms with Crippen molar-refractivity contribution in [3.63, 3.8) is 0 Å². The minimum absolute atomic E-state index is 0.131. The lowest BCUT2D eigenvalue weighted by Crippen LogP contribution is -2.19. The number of rotatable bonds is 5. The zero-order chi connectivity index (χ0) is 13.7. The van der Waals surface area contributed by atoms with Gasteiger partial charge < -0.3 is 11.1 Å². The van der Waals surface area contributed by atoms with Crippen LogP contribution in [0.1, 0.15) is 5.69 Å². The van der Waals surface area contributed by atoms with Crippen LogP contribution in [-0.2, 0) is 17.8 Å². The fourth-order valence-electron chi connectivity index (χ4n) is 1.58. The lowest BCUT2D eigenvalue weighted by Gasteiger charge is -2.06. The minimum atomic E-state index is -0.131. The van der Waals surface area contributed by atoms with E-state index in [0.717, 1.165) is 15.0 Å². The van der Waals surface area contributed by atoms with Crippen LogP contribution in [0.3, 0.4) is 0 Å². The van der Waals surface area contributed by atoms with Crippen LogP contribution in [0, 0.1) is 3.57 Å². The van der Waals surface area contributed by atoms with Crippen molar-refractivity contribution in [2.24, 2.45) is 5.73 Å². The molecule has 1 aromatic heterocycles. The number of halogens is 1. The Hall–Kier alpha value is -1.48. The van der Waals surface area contributed by atoms with Crippen molar-refractivity contribution in [2.75, 3.05) is 11.9 Å². The lowest BCUT2D eigenvalue weighted by molar-refractivity contribution is -0.116. The van der Waals surface area contributed by atoms with Gasteiger partial charge in [-0.2, -0.15) is 0 Å². The maximum absolute atomic E-state index is 11.9. The van der Waals surface area contributed by atoms with Crippen LogP contribution >= 0.6 is 22.6 Å². The average Bonchev–Trinajstić information content (AvgIpc) is 2.80. The highest BCUT2D eigenvalue weighted by Gasteiger charge is 2.07. The molecule has 0 bridgehead atoms. The number of para-hydroxylation sites is 1. The molecule has 1 amide bonds. The first-order valence-corrected chi connectivity index (χ1v) is 6.90. The molecule has 19 heavy (non-hydrogen) atoms. The predicted molar refractivity (Wildman–Crippen MR) is 80.6 cm³/mol. The van der Waals surface area contributed by atoms with E-state index in [1.807, 2.05) is 24.3 Å². The quantitative estimate of drug-likeness (QED) is 0.769. The number of amides is 1. The van der Waals surface area contributed by atoms with Gasteiger partial charge in [0.05, 0.1) is 11.4 Å². The molecule has 2 rings (SSSR count). The number of benzene rings is 1. The van der Waals surface area contributed by atoms with Crippen LogP contribution in [0.4, 0.5) is 5.69 Å². The fraction of sp³-hybridized carbons (Fsp3) is 0.250. The Kier molecular flexibility index (Phi) is 4.86. The third-order valence-corrected chi connectivity index (χ3v) is 3.38. The molecule has 0 radical (unpaired) electrons. The van der Waals surface area contributed by atoms with Crippen molar-refractivity contribution in [1.82, 2.24) is 15.0 Å². The van der Waals surface area contributed by atoms with Gasteiger partial charge in [-0.1, -0.05) is 17.3 Å². The van der Waals surface area contributed by atoms with E-state index >= 15 is 0 Å². The summed E-state index contributed by atoms with van der Waals surface area (Å²) in [6, 6.07) is 7.60. The van der Waals surface area contributed by atoms with E-state index in [9.17, 15) is 4.79 Å². The largest absolute Gasteiger partial charge is 0.330 e. The molecule has 0 saturated carbocycles. The van der Waals surface area contributed by atoms with Crippen molar-refractivity contribution in [2.45, 2.75) is 13.0 Å². The number of carbonyl (C=O) groups excluding carboxylic acids is 1. The van der Waals surface area contributed by atoms with Crippen molar-refractivity contribution in [1.29, 1.82) is 0 Å². The van der Waals surface area contributed by atoms with Gasteiger partial charge in [0, 0.05) is 16.2 Å². The molecule has 3 N–H and O–H groups in total. The van der Waals surface area contributed by atoms with E-state index in [1.165, 1.54) is 4.68 Å². The number of hydrogen-bond donors (Lipinski definition) is 2. The van der Waals surface area contributed by atoms with Crippen LogP contribution < -0.4 is 11.1 Å². The van der Waals surface area contributed by atoms with Gasteiger partial charge in [0.1, 0.15) is 6.54 Å². The Bertz CT molecular complexity index is 569. The first-order valence-electron chi connectivity index (χ1n) is 5.82. The van der Waals surface area contributed by atoms with E-state index in [0.29, 0.717) is 13.0 Å². The third-order valence-electron chi connectivity index (χ3n) is 2.44. The maximum atomic E-state index is 11.9. The van der Waals surface area contributed by atoms with Gasteiger partial charge in [-0.3, -0.25) is 4.79 Å². The standard InChI is InChI=1S/C12H14IN5O/c13-10-3-1-2-4-11(10)15-12(19)8-18-7-9(5-6-14)16-17-18/h1-4,7H,5-6,8,14H2,(H,15,19). The summed E-state index contributed by atoms with van der Waals surface area (Å²) in [5.74, 6) is -0.131. The minimum Gasteiger partial charge on any atom is -0.330 e. The molecule has 0 atom stereocenters. The third kappa shape index (κ3) is 4.00. The van der Waals surface area contributed by atoms with E-state index in [4.69, 9.17) is 5.73 Å². The van der Waals surface area contributed by atoms with E-state index in [1.54, 1.807) is 6.20 Å². The van der Waals surface area contributed by atoms with Crippen molar-refractivity contribution in [3.8, 4) is 0 Å². The van der Waals surface area contributed by atoms with Gasteiger partial charge in [0.15, 0.2) is 0 Å². The highest BCUT2D eigenvalue weighted by molar-refractivity contribution is 14.1. The Morgan fingerprint density at radius 2 is 2.21 bits per heavy atom. The molecule has 100 valence electrons. The maximum Gasteiger partial charge on any atom is 0.246 e. The van der Waals surface area contributed by atoms with E-state index in [2.05, 4.69) is 38.2 Å². The second-order valence-electron chi connectivity index (χ2n) is 3.97. The Morgan fingerprint density at radius 1 is 1.42 bits per heavy atom. The second-order valence-corrected chi connectivity index (χ2v) is 5.14. The molecular formula is C12H14IN5O. The van der Waals surface area contributed by atoms with Crippen molar-refractivity contribution < 1.29 is 4.79 Å². The van der Waals surface area contributed by atoms with Gasteiger partial charge in [-0.25, -0.2) is 4.68 Å². The molecule has 1 aromatic carbocycles. The first-order chi connectivity index (χ1) is 9.19. The Labute approximate surface area is 124 Å². The van der Waals surface area contributed by atoms with Crippen LogP contribution in [0.5, 0.6) is 0 Å². The van der Waals surface area contributed by atoms with Gasteiger partial charge in [0.25, 0.3) is 0 Å². The molecular weight excluding hydrogens is 357 g/mol. The number of nitrogens with one attached hydrogen (secondary N) is 1. The van der Waals surface area contributed by atoms with Crippen LogP contribution in [0.15, 0.2) is 30.5 Å². The summed E-state index contributed by atoms with van der Waals surface area (Å²) >= 11 is 2.18. The summed E-state index contributed by atoms with van der Waals surface area (Å²) in [6.07, 6.45) is 2.40. The molecule has 0 unspecified atom stereocenters. The summed E-state index contributed by atoms with van der Waals surface area (Å²) in [5, 5.41) is 10.7. The molecule has 0 fully saturated rings. The molecule has 0 saturated heterocycles. The molecule has 0 aliphatic carbocycles. The van der Waals surface area contributed by atoms with Crippen LogP contribution in [0.25, 0.3) is 0 Å². The summed E-state index contributed by atoms with van der Waals surface area (Å²) in [5.41, 5.74) is 7.03. The molecule has 0 aliphatic heterocycles. The van der Waals surface area contributed by atoms with Gasteiger partial charge in [0.2, 0.25) is 5.91 Å². The summed E-state index contributed by atoms with van der Waals surface area (Å²) < 4.78 is 2.51. The number of carbonyl (C=O) groups is 1. The molecule has 0 spiro atoms. The molecule has 0 aliphatic rings. The smallest absolute Gasteiger partial charge is 0.246 e. The SMILES string of the molecule is NCCc1cn(CC(=O)Nc2ccccc2I)nn1. The zero-order valence-corrected chi connectivity index (χ0v) is 12.4. The molecule has 7 heteroatoms. The normalized spacial score (nSPS) is 10.4. The zero-order valence-electron chi connectivity index (χ0n) is 10.2. The van der Waals surface area contributed by atoms with Gasteiger partial charge >= 0.3 is 0 Å². The fourth-order valence-corrected chi connectivity index (χ4v) is 2.10.